The fourth-order valence-electron chi connectivity index (χ4n) is 5.27. The molecule has 246 valence electrons. The average molecular weight is 769 g/mol. The molecular weight excluding hydrogens is 731 g/mol. The van der Waals surface area contributed by atoms with Crippen molar-refractivity contribution in [2.75, 3.05) is 20.8 Å². The monoisotopic (exact) mass is 768 g/mol. The van der Waals surface area contributed by atoms with Crippen molar-refractivity contribution >= 4 is 46.0 Å². The lowest BCUT2D eigenvalue weighted by atomic mass is 9.95. The number of fused-ring (bicyclic) bond motifs is 1. The van der Waals surface area contributed by atoms with Crippen molar-refractivity contribution in [3.8, 4) is 23.0 Å². The van der Waals surface area contributed by atoms with Crippen molar-refractivity contribution < 1.29 is 28.5 Å². The van der Waals surface area contributed by atoms with E-state index < -0.39 is 12.0 Å². The highest BCUT2D eigenvalue weighted by atomic mass is 127. The summed E-state index contributed by atoms with van der Waals surface area (Å²) in [6.07, 6.45) is 1.74. The van der Waals surface area contributed by atoms with Crippen LogP contribution in [0, 0.1) is 10.5 Å². The van der Waals surface area contributed by atoms with Crippen LogP contribution in [0.3, 0.4) is 0 Å². The Labute approximate surface area is 291 Å². The van der Waals surface area contributed by atoms with E-state index in [2.05, 4.69) is 34.7 Å². The van der Waals surface area contributed by atoms with E-state index in [9.17, 15) is 9.59 Å². The van der Waals surface area contributed by atoms with Crippen LogP contribution in [-0.4, -0.2) is 37.5 Å². The zero-order valence-electron chi connectivity index (χ0n) is 27.4. The van der Waals surface area contributed by atoms with Gasteiger partial charge in [0, 0.05) is 0 Å². The van der Waals surface area contributed by atoms with Gasteiger partial charge < -0.3 is 23.7 Å². The van der Waals surface area contributed by atoms with Gasteiger partial charge in [0.2, 0.25) is 0 Å². The maximum Gasteiger partial charge on any atom is 0.338 e. The summed E-state index contributed by atoms with van der Waals surface area (Å²) < 4.78 is 31.7. The van der Waals surface area contributed by atoms with Crippen molar-refractivity contribution in [1.29, 1.82) is 0 Å². The van der Waals surface area contributed by atoms with E-state index in [1.165, 1.54) is 16.9 Å². The number of hydrogen-bond donors (Lipinski definition) is 0. The van der Waals surface area contributed by atoms with Crippen molar-refractivity contribution in [2.24, 2.45) is 4.99 Å². The molecule has 0 bridgehead atoms. The number of carbonyl (C=O) groups excluding carboxylic acids is 1. The minimum atomic E-state index is -0.790. The molecule has 0 spiro atoms. The summed E-state index contributed by atoms with van der Waals surface area (Å²) in [7, 11) is 3.15. The molecular formula is C36H37IN2O7S. The molecule has 1 aromatic heterocycles. The first kappa shape index (κ1) is 34.2. The topological polar surface area (TPSA) is 97.6 Å². The predicted octanol–water partition coefficient (Wildman–Crippen LogP) is 6.09. The van der Waals surface area contributed by atoms with E-state index in [-0.39, 0.29) is 23.8 Å². The molecule has 1 atom stereocenters. The first-order valence-corrected chi connectivity index (χ1v) is 17.0. The molecule has 1 aliphatic rings. The number of benzene rings is 3. The van der Waals surface area contributed by atoms with Gasteiger partial charge >= 0.3 is 5.97 Å². The molecule has 0 N–H and O–H groups in total. The Morgan fingerprint density at radius 1 is 1.02 bits per heavy atom. The normalized spacial score (nSPS) is 14.5. The predicted molar refractivity (Wildman–Crippen MR) is 190 cm³/mol. The van der Waals surface area contributed by atoms with Crippen molar-refractivity contribution in [3.05, 3.63) is 111 Å². The Kier molecular flexibility index (Phi) is 10.8. The van der Waals surface area contributed by atoms with Crippen molar-refractivity contribution in [1.82, 2.24) is 4.57 Å². The third-order valence-corrected chi connectivity index (χ3v) is 9.22. The third-order valence-electron chi connectivity index (χ3n) is 7.44. The van der Waals surface area contributed by atoms with Crippen LogP contribution in [0.1, 0.15) is 56.0 Å². The smallest absolute Gasteiger partial charge is 0.338 e. The Morgan fingerprint density at radius 3 is 2.40 bits per heavy atom. The molecule has 2 heterocycles. The van der Waals surface area contributed by atoms with E-state index in [0.29, 0.717) is 50.2 Å². The van der Waals surface area contributed by atoms with Gasteiger partial charge in [-0.2, -0.15) is 0 Å². The van der Waals surface area contributed by atoms with Crippen molar-refractivity contribution in [2.45, 2.75) is 53.4 Å². The third kappa shape index (κ3) is 7.41. The molecule has 0 fully saturated rings. The molecule has 5 rings (SSSR count). The highest BCUT2D eigenvalue weighted by molar-refractivity contribution is 14.1. The van der Waals surface area contributed by atoms with Crippen LogP contribution in [0.25, 0.3) is 6.08 Å². The second kappa shape index (κ2) is 14.8. The van der Waals surface area contributed by atoms with Crippen LogP contribution in [-0.2, 0) is 16.1 Å². The number of nitrogens with zero attached hydrogens (tertiary/aromatic N) is 2. The lowest BCUT2D eigenvalue weighted by Gasteiger charge is -2.25. The molecule has 0 amide bonds. The SMILES string of the molecule is CCOC(=O)C1=C(C)N=c2s/c(=C\c3cc(I)c(OCc4ccc(C)cc4)c(OC)c3)c(=O)n2[C@@H]1c1ccc(OC(C)C)c(OC)c1. The summed E-state index contributed by atoms with van der Waals surface area (Å²) in [6, 6.07) is 16.6. The number of allylic oxidation sites excluding steroid dienone is 1. The summed E-state index contributed by atoms with van der Waals surface area (Å²) in [4.78, 5) is 32.7. The van der Waals surface area contributed by atoms with Gasteiger partial charge in [-0.25, -0.2) is 9.79 Å². The fraction of sp³-hybridized carbons (Fsp3) is 0.306. The molecule has 4 aromatic rings. The van der Waals surface area contributed by atoms with Gasteiger partial charge in [-0.15, -0.1) is 0 Å². The summed E-state index contributed by atoms with van der Waals surface area (Å²) in [5, 5.41) is 0. The summed E-state index contributed by atoms with van der Waals surface area (Å²) in [5.41, 5.74) is 4.13. The highest BCUT2D eigenvalue weighted by Crippen LogP contribution is 2.37. The number of halogens is 1. The molecule has 0 saturated heterocycles. The van der Waals surface area contributed by atoms with Crippen LogP contribution < -0.4 is 33.8 Å². The lowest BCUT2D eigenvalue weighted by molar-refractivity contribution is -0.139. The molecule has 0 saturated carbocycles. The quantitative estimate of drug-likeness (QED) is 0.135. The minimum absolute atomic E-state index is 0.0693. The summed E-state index contributed by atoms with van der Waals surface area (Å²) in [6.45, 7) is 9.98. The number of thiazole rings is 1. The van der Waals surface area contributed by atoms with Gasteiger partial charge in [0.1, 0.15) is 6.61 Å². The largest absolute Gasteiger partial charge is 0.493 e. The molecule has 47 heavy (non-hydrogen) atoms. The van der Waals surface area contributed by atoms with E-state index >= 15 is 0 Å². The second-order valence-corrected chi connectivity index (χ2v) is 13.4. The minimum Gasteiger partial charge on any atom is -0.493 e. The van der Waals surface area contributed by atoms with Gasteiger partial charge in [-0.1, -0.05) is 47.2 Å². The van der Waals surface area contributed by atoms with Crippen LogP contribution in [0.5, 0.6) is 23.0 Å². The maximum atomic E-state index is 14.2. The highest BCUT2D eigenvalue weighted by Gasteiger charge is 2.34. The Hall–Kier alpha value is -4.10. The van der Waals surface area contributed by atoms with Gasteiger partial charge in [0.05, 0.1) is 52.3 Å². The lowest BCUT2D eigenvalue weighted by Crippen LogP contribution is -2.40. The van der Waals surface area contributed by atoms with Gasteiger partial charge in [-0.05, 0) is 104 Å². The van der Waals surface area contributed by atoms with Crippen LogP contribution >= 0.6 is 33.9 Å². The zero-order chi connectivity index (χ0) is 33.8. The van der Waals surface area contributed by atoms with Crippen LogP contribution in [0.15, 0.2) is 75.7 Å². The Bertz CT molecular complexity index is 2010. The molecule has 0 aliphatic carbocycles. The van der Waals surface area contributed by atoms with Crippen LogP contribution in [0.2, 0.25) is 0 Å². The van der Waals surface area contributed by atoms with Gasteiger partial charge in [-0.3, -0.25) is 9.36 Å². The number of rotatable bonds is 11. The molecule has 0 unspecified atom stereocenters. The summed E-state index contributed by atoms with van der Waals surface area (Å²) >= 11 is 3.47. The molecule has 1 aliphatic heterocycles. The molecule has 0 radical (unpaired) electrons. The van der Waals surface area contributed by atoms with E-state index in [0.717, 1.165) is 14.7 Å². The maximum absolute atomic E-state index is 14.2. The van der Waals surface area contributed by atoms with E-state index in [1.807, 2.05) is 51.1 Å². The zero-order valence-corrected chi connectivity index (χ0v) is 30.4. The number of aromatic nitrogens is 1. The van der Waals surface area contributed by atoms with Gasteiger partial charge in [0.25, 0.3) is 5.56 Å². The number of hydrogen-bond acceptors (Lipinski definition) is 9. The first-order valence-electron chi connectivity index (χ1n) is 15.1. The average Bonchev–Trinajstić information content (AvgIpc) is 3.34. The standard InChI is InChI=1S/C36H37IN2O7S/c1-8-44-35(41)31-22(5)38-36-39(32(31)25-13-14-27(46-20(2)3)28(18-25)42-6)34(40)30(47-36)17-24-15-26(37)33(29(16-24)43-7)45-19-23-11-9-21(4)10-12-23/h9-18,20,32H,8,19H2,1-7H3/b30-17-/t32-/m1/s1. The van der Waals surface area contributed by atoms with E-state index in [4.69, 9.17) is 28.7 Å². The number of ether oxygens (including phenoxy) is 5. The van der Waals surface area contributed by atoms with Crippen molar-refractivity contribution in [3.63, 3.8) is 0 Å². The molecule has 3 aromatic carbocycles. The molecule has 9 nitrogen and oxygen atoms in total. The van der Waals surface area contributed by atoms with E-state index in [1.54, 1.807) is 50.8 Å². The Morgan fingerprint density at radius 2 is 1.74 bits per heavy atom. The Balaban J connectivity index is 1.59. The van der Waals surface area contributed by atoms with Crippen LogP contribution in [0.4, 0.5) is 0 Å². The fourth-order valence-corrected chi connectivity index (χ4v) is 7.09. The first-order chi connectivity index (χ1) is 22.5. The second-order valence-electron chi connectivity index (χ2n) is 11.2. The number of methoxy groups -OCH3 is 2. The number of esters is 1. The number of carbonyl (C=O) groups is 1. The number of aryl methyl sites for hydroxylation is 1. The molecule has 11 heteroatoms. The summed E-state index contributed by atoms with van der Waals surface area (Å²) in [5.74, 6) is 1.70. The van der Waals surface area contributed by atoms with Gasteiger partial charge in [0.15, 0.2) is 27.8 Å².